The van der Waals surface area contributed by atoms with Gasteiger partial charge in [0.05, 0.1) is 28.0 Å². The fourth-order valence-corrected chi connectivity index (χ4v) is 8.71. The normalized spacial score (nSPS) is 17.9. The zero-order valence-electron chi connectivity index (χ0n) is 26.1. The van der Waals surface area contributed by atoms with Gasteiger partial charge in [-0.25, -0.2) is 14.4 Å². The van der Waals surface area contributed by atoms with Gasteiger partial charge >= 0.3 is 0 Å². The van der Waals surface area contributed by atoms with Gasteiger partial charge in [0.15, 0.2) is 0 Å². The molecule has 1 amide bonds. The number of hydrogen-bond donors (Lipinski definition) is 2. The number of benzene rings is 4. The van der Waals surface area contributed by atoms with Crippen molar-refractivity contribution in [1.82, 2.24) is 23.6 Å². The Morgan fingerprint density at radius 3 is 2.10 bits per heavy atom. The number of rotatable bonds is 8. The van der Waals surface area contributed by atoms with Gasteiger partial charge in [0.2, 0.25) is 5.91 Å². The molecule has 7 rings (SSSR count). The summed E-state index contributed by atoms with van der Waals surface area (Å²) < 4.78 is 45.7. The molecule has 13 heteroatoms. The Hall–Kier alpha value is -4.72. The molecule has 1 aliphatic heterocycles. The Labute approximate surface area is 292 Å². The Morgan fingerprint density at radius 1 is 0.939 bits per heavy atom. The summed E-state index contributed by atoms with van der Waals surface area (Å²) in [6.07, 6.45) is 5.57. The highest BCUT2D eigenvalue weighted by molar-refractivity contribution is 7.87. The molecule has 0 saturated carbocycles. The highest BCUT2D eigenvalue weighted by Gasteiger charge is 2.42. The van der Waals surface area contributed by atoms with E-state index in [1.165, 1.54) is 30.5 Å². The van der Waals surface area contributed by atoms with Gasteiger partial charge in [-0.3, -0.25) is 4.79 Å². The quantitative estimate of drug-likeness (QED) is 0.168. The first-order valence-electron chi connectivity index (χ1n) is 15.3. The first-order chi connectivity index (χ1) is 23.7. The van der Waals surface area contributed by atoms with E-state index >= 15 is 0 Å². The van der Waals surface area contributed by atoms with E-state index in [0.717, 1.165) is 31.9 Å². The molecule has 3 heterocycles. The van der Waals surface area contributed by atoms with Crippen molar-refractivity contribution in [2.45, 2.75) is 24.0 Å². The third-order valence-corrected chi connectivity index (χ3v) is 11.7. The number of amides is 1. The van der Waals surface area contributed by atoms with E-state index in [1.807, 2.05) is 67.1 Å². The summed E-state index contributed by atoms with van der Waals surface area (Å²) in [6, 6.07) is 32.7. The highest BCUT2D eigenvalue weighted by Crippen LogP contribution is 2.42. The van der Waals surface area contributed by atoms with Crippen LogP contribution in [-0.4, -0.2) is 46.3 Å². The number of nitrogens with one attached hydrogen (secondary N) is 2. The zero-order chi connectivity index (χ0) is 34.2. The number of anilines is 1. The third kappa shape index (κ3) is 6.18. The van der Waals surface area contributed by atoms with Gasteiger partial charge in [-0.15, -0.1) is 11.3 Å². The first-order valence-corrected chi connectivity index (χ1v) is 18.0. The topological polar surface area (TPSA) is 109 Å². The van der Waals surface area contributed by atoms with E-state index < -0.39 is 39.6 Å². The maximum absolute atomic E-state index is 13.7. The van der Waals surface area contributed by atoms with Gasteiger partial charge in [0, 0.05) is 25.1 Å². The molecule has 4 aromatic carbocycles. The van der Waals surface area contributed by atoms with Crippen molar-refractivity contribution in [3.05, 3.63) is 160 Å². The predicted molar refractivity (Wildman–Crippen MR) is 189 cm³/mol. The minimum atomic E-state index is -4.04. The van der Waals surface area contributed by atoms with Crippen LogP contribution >= 0.6 is 22.9 Å². The first kappa shape index (κ1) is 32.8. The van der Waals surface area contributed by atoms with Crippen LogP contribution in [-0.2, 0) is 20.5 Å². The van der Waals surface area contributed by atoms with Gasteiger partial charge in [0.25, 0.3) is 10.2 Å². The molecular weight excluding hydrogens is 683 g/mol. The van der Waals surface area contributed by atoms with Gasteiger partial charge in [-0.2, -0.15) is 17.4 Å². The molecule has 1 saturated heterocycles. The number of likely N-dealkylation sites (N-methyl/N-ethyl adjacent to an activating group) is 1. The lowest BCUT2D eigenvalue weighted by Crippen LogP contribution is -2.55. The van der Waals surface area contributed by atoms with Crippen LogP contribution in [0.2, 0.25) is 5.02 Å². The van der Waals surface area contributed by atoms with E-state index in [2.05, 4.69) is 56.0 Å². The molecule has 0 radical (unpaired) electrons. The summed E-state index contributed by atoms with van der Waals surface area (Å²) in [5.74, 6) is -1.20. The summed E-state index contributed by atoms with van der Waals surface area (Å²) in [6.45, 7) is 0. The zero-order valence-corrected chi connectivity index (χ0v) is 28.5. The van der Waals surface area contributed by atoms with Crippen LogP contribution in [0.4, 0.5) is 10.1 Å². The van der Waals surface area contributed by atoms with Crippen molar-refractivity contribution in [2.75, 3.05) is 12.4 Å². The molecule has 49 heavy (non-hydrogen) atoms. The molecule has 2 unspecified atom stereocenters. The molecule has 6 aromatic rings. The minimum absolute atomic E-state index is 0.108. The summed E-state index contributed by atoms with van der Waals surface area (Å²) in [5.41, 5.74) is 3.32. The van der Waals surface area contributed by atoms with Gasteiger partial charge in [-0.05, 0) is 41.3 Å². The van der Waals surface area contributed by atoms with Crippen molar-refractivity contribution in [1.29, 1.82) is 0 Å². The minimum Gasteiger partial charge on any atom is -0.325 e. The van der Waals surface area contributed by atoms with Gasteiger partial charge in [-0.1, -0.05) is 103 Å². The largest absolute Gasteiger partial charge is 0.325 e. The van der Waals surface area contributed by atoms with E-state index in [9.17, 15) is 17.6 Å². The predicted octanol–water partition coefficient (Wildman–Crippen LogP) is 6.86. The van der Waals surface area contributed by atoms with Crippen LogP contribution in [0.5, 0.6) is 0 Å². The average molecular weight is 713 g/mol. The second kappa shape index (κ2) is 13.3. The standard InChI is InChI=1S/C36H30ClFN6O3S2/c1-43-32(34(45)41-27-17-18-29(38)28(37)19-27)20-30(42-49(43,46)47)35-39-21-33(48-35)31-22-44(23-40-31)36(24-11-5-2-6-12-24,25-13-7-3-8-14-25)26-15-9-4-10-16-26/h2-19,21-23,30,32,42H,20H2,1H3,(H,41,45). The summed E-state index contributed by atoms with van der Waals surface area (Å²) in [7, 11) is -2.71. The van der Waals surface area contributed by atoms with Crippen molar-refractivity contribution < 1.29 is 17.6 Å². The second-order valence-electron chi connectivity index (χ2n) is 11.6. The second-order valence-corrected chi connectivity index (χ2v) is 14.8. The number of nitrogens with zero attached hydrogens (tertiary/aromatic N) is 4. The maximum Gasteiger partial charge on any atom is 0.280 e. The number of thiazole rings is 1. The monoisotopic (exact) mass is 712 g/mol. The molecule has 2 aromatic heterocycles. The molecule has 0 bridgehead atoms. The molecule has 2 atom stereocenters. The average Bonchev–Trinajstić information content (AvgIpc) is 3.81. The maximum atomic E-state index is 13.7. The number of aromatic nitrogens is 3. The fourth-order valence-electron chi connectivity index (χ4n) is 6.26. The van der Waals surface area contributed by atoms with Crippen molar-refractivity contribution >= 4 is 44.7 Å². The van der Waals surface area contributed by atoms with Crippen molar-refractivity contribution in [3.63, 3.8) is 0 Å². The lowest BCUT2D eigenvalue weighted by Gasteiger charge is -2.37. The van der Waals surface area contributed by atoms with E-state index in [-0.39, 0.29) is 17.1 Å². The summed E-state index contributed by atoms with van der Waals surface area (Å²) >= 11 is 7.18. The molecule has 248 valence electrons. The van der Waals surface area contributed by atoms with E-state index in [0.29, 0.717) is 10.7 Å². The lowest BCUT2D eigenvalue weighted by atomic mass is 9.77. The van der Waals surface area contributed by atoms with Crippen LogP contribution in [0.25, 0.3) is 10.6 Å². The Kier molecular flexibility index (Phi) is 8.90. The molecular formula is C36H30ClFN6O3S2. The number of carbonyl (C=O) groups is 1. The SMILES string of the molecule is CN1C(C(=O)Nc2ccc(F)c(Cl)c2)CC(c2ncc(-c3cn(C(c4ccccc4)(c4ccccc4)c4ccccc4)cn3)s2)NS1(=O)=O. The molecule has 1 aliphatic rings. The smallest absolute Gasteiger partial charge is 0.280 e. The molecule has 9 nitrogen and oxygen atoms in total. The number of halogens is 2. The fraction of sp³-hybridized carbons (Fsp3) is 0.139. The summed E-state index contributed by atoms with van der Waals surface area (Å²) in [4.78, 5) is 23.4. The molecule has 0 spiro atoms. The van der Waals surface area contributed by atoms with Crippen LogP contribution in [0.15, 0.2) is 128 Å². The summed E-state index contributed by atoms with van der Waals surface area (Å²) in [5, 5.41) is 2.99. The molecule has 0 aliphatic carbocycles. The third-order valence-electron chi connectivity index (χ3n) is 8.68. The van der Waals surface area contributed by atoms with Crippen LogP contribution in [0, 0.1) is 5.82 Å². The van der Waals surface area contributed by atoms with Crippen molar-refractivity contribution in [3.8, 4) is 10.6 Å². The Morgan fingerprint density at radius 2 is 1.53 bits per heavy atom. The molecule has 1 fully saturated rings. The van der Waals surface area contributed by atoms with Gasteiger partial charge in [0.1, 0.15) is 22.4 Å². The van der Waals surface area contributed by atoms with Crippen LogP contribution in [0.1, 0.15) is 34.2 Å². The highest BCUT2D eigenvalue weighted by atomic mass is 35.5. The Bertz CT molecular complexity index is 2120. The number of hydrogen-bond acceptors (Lipinski definition) is 6. The van der Waals surface area contributed by atoms with Crippen LogP contribution in [0.3, 0.4) is 0 Å². The molecule has 2 N–H and O–H groups in total. The number of carbonyl (C=O) groups excluding carboxylic acids is 1. The van der Waals surface area contributed by atoms with Crippen molar-refractivity contribution in [2.24, 2.45) is 0 Å². The van der Waals surface area contributed by atoms with Gasteiger partial charge < -0.3 is 9.88 Å². The Balaban J connectivity index is 1.22. The number of imidazole rings is 1. The van der Waals surface area contributed by atoms with E-state index in [4.69, 9.17) is 16.6 Å². The van der Waals surface area contributed by atoms with Crippen LogP contribution < -0.4 is 10.0 Å². The lowest BCUT2D eigenvalue weighted by molar-refractivity contribution is -0.120. The van der Waals surface area contributed by atoms with E-state index in [1.54, 1.807) is 6.20 Å².